The minimum absolute atomic E-state index is 0.00652. The van der Waals surface area contributed by atoms with Crippen LogP contribution in [0.5, 0.6) is 0 Å². The van der Waals surface area contributed by atoms with E-state index in [0.29, 0.717) is 36.1 Å². The van der Waals surface area contributed by atoms with Crippen molar-refractivity contribution in [1.29, 1.82) is 0 Å². The number of amides is 3. The van der Waals surface area contributed by atoms with Crippen molar-refractivity contribution in [1.82, 2.24) is 14.7 Å². The number of rotatable bonds is 7. The molecule has 2 N–H and O–H groups in total. The molecule has 0 spiro atoms. The lowest BCUT2D eigenvalue weighted by molar-refractivity contribution is -0.131. The molecule has 7 nitrogen and oxygen atoms in total. The molecule has 0 aliphatic carbocycles. The van der Waals surface area contributed by atoms with E-state index in [2.05, 4.69) is 31.4 Å². The standard InChI is InChI=1S/C35H39F2N5O2/c1-23-5-11-30(12-6-23)42-32(22-31(40-42)35(2,3)4)39-34(44)38-29-9-7-24(8-10-29)17-25-13-15-41(16-14-25)33(43)20-26-18-27(36)21-28(37)19-26/h5-12,18-19,21-22,25H,13-17,20H2,1-4H3,(H2,38,39,44). The van der Waals surface area contributed by atoms with E-state index in [9.17, 15) is 18.4 Å². The first-order valence-electron chi connectivity index (χ1n) is 15.0. The summed E-state index contributed by atoms with van der Waals surface area (Å²) < 4.78 is 28.7. The summed E-state index contributed by atoms with van der Waals surface area (Å²) in [4.78, 5) is 27.4. The predicted octanol–water partition coefficient (Wildman–Crippen LogP) is 7.42. The third-order valence-corrected chi connectivity index (χ3v) is 7.98. The fraction of sp³-hybridized carbons (Fsp3) is 0.343. The van der Waals surface area contributed by atoms with Crippen molar-refractivity contribution < 1.29 is 18.4 Å². The SMILES string of the molecule is Cc1ccc(-n2nc(C(C)(C)C)cc2NC(=O)Nc2ccc(CC3CCN(C(=O)Cc4cc(F)cc(F)c4)CC3)cc2)cc1. The number of halogens is 2. The van der Waals surface area contributed by atoms with Crippen LogP contribution >= 0.6 is 0 Å². The molecule has 5 rings (SSSR count). The van der Waals surface area contributed by atoms with Gasteiger partial charge in [-0.1, -0.05) is 50.6 Å². The fourth-order valence-electron chi connectivity index (χ4n) is 5.44. The first-order valence-corrected chi connectivity index (χ1v) is 15.0. The van der Waals surface area contributed by atoms with Gasteiger partial charge in [0.15, 0.2) is 0 Å². The summed E-state index contributed by atoms with van der Waals surface area (Å²) in [6.07, 6.45) is 2.58. The van der Waals surface area contributed by atoms with Crippen LogP contribution in [0.3, 0.4) is 0 Å². The maximum Gasteiger partial charge on any atom is 0.324 e. The van der Waals surface area contributed by atoms with E-state index >= 15 is 0 Å². The van der Waals surface area contributed by atoms with E-state index in [1.807, 2.05) is 61.5 Å². The molecule has 0 atom stereocenters. The number of hydrogen-bond donors (Lipinski definition) is 2. The first-order chi connectivity index (χ1) is 20.9. The number of likely N-dealkylation sites (tertiary alicyclic amines) is 1. The van der Waals surface area contributed by atoms with Crippen molar-refractivity contribution in [3.8, 4) is 5.69 Å². The molecule has 1 aromatic heterocycles. The van der Waals surface area contributed by atoms with Crippen LogP contribution in [0.2, 0.25) is 0 Å². The number of aromatic nitrogens is 2. The van der Waals surface area contributed by atoms with Crippen molar-refractivity contribution >= 4 is 23.4 Å². The Morgan fingerprint density at radius 2 is 1.50 bits per heavy atom. The van der Waals surface area contributed by atoms with Crippen molar-refractivity contribution in [2.24, 2.45) is 5.92 Å². The molecule has 4 aromatic rings. The fourth-order valence-corrected chi connectivity index (χ4v) is 5.44. The lowest BCUT2D eigenvalue weighted by Gasteiger charge is -2.32. The number of nitrogens with one attached hydrogen (secondary N) is 2. The van der Waals surface area contributed by atoms with Crippen molar-refractivity contribution in [3.63, 3.8) is 0 Å². The van der Waals surface area contributed by atoms with Gasteiger partial charge in [-0.05, 0) is 79.6 Å². The summed E-state index contributed by atoms with van der Waals surface area (Å²) in [6.45, 7) is 9.53. The highest BCUT2D eigenvalue weighted by molar-refractivity contribution is 5.99. The molecule has 1 aliphatic rings. The lowest BCUT2D eigenvalue weighted by Crippen LogP contribution is -2.39. The van der Waals surface area contributed by atoms with Crippen LogP contribution in [0.1, 0.15) is 56.0 Å². The molecule has 44 heavy (non-hydrogen) atoms. The van der Waals surface area contributed by atoms with Crippen LogP contribution in [-0.4, -0.2) is 39.7 Å². The van der Waals surface area contributed by atoms with Crippen LogP contribution in [-0.2, 0) is 23.1 Å². The second-order valence-corrected chi connectivity index (χ2v) is 12.7. The molecule has 1 fully saturated rings. The van der Waals surface area contributed by atoms with Gasteiger partial charge in [-0.25, -0.2) is 18.3 Å². The van der Waals surface area contributed by atoms with Gasteiger partial charge in [0.05, 0.1) is 17.8 Å². The Bertz CT molecular complexity index is 1600. The van der Waals surface area contributed by atoms with E-state index in [4.69, 9.17) is 5.10 Å². The van der Waals surface area contributed by atoms with Crippen molar-refractivity contribution in [2.45, 2.75) is 58.8 Å². The summed E-state index contributed by atoms with van der Waals surface area (Å²) >= 11 is 0. The normalized spacial score (nSPS) is 14.0. The van der Waals surface area contributed by atoms with Crippen LogP contribution in [0.25, 0.3) is 5.69 Å². The zero-order chi connectivity index (χ0) is 31.4. The second kappa shape index (κ2) is 13.0. The first kappa shape index (κ1) is 30.9. The van der Waals surface area contributed by atoms with Crippen LogP contribution < -0.4 is 10.6 Å². The van der Waals surface area contributed by atoms with Gasteiger partial charge in [0, 0.05) is 36.3 Å². The quantitative estimate of drug-likeness (QED) is 0.232. The molecule has 1 saturated heterocycles. The van der Waals surface area contributed by atoms with Gasteiger partial charge in [0.2, 0.25) is 5.91 Å². The third-order valence-electron chi connectivity index (χ3n) is 7.98. The molecular weight excluding hydrogens is 560 g/mol. The minimum Gasteiger partial charge on any atom is -0.342 e. The van der Waals surface area contributed by atoms with Gasteiger partial charge in [-0.15, -0.1) is 0 Å². The van der Waals surface area contributed by atoms with Gasteiger partial charge in [0.1, 0.15) is 17.5 Å². The zero-order valence-corrected chi connectivity index (χ0v) is 25.7. The Hall–Kier alpha value is -4.53. The monoisotopic (exact) mass is 599 g/mol. The maximum atomic E-state index is 13.5. The zero-order valence-electron chi connectivity index (χ0n) is 25.7. The van der Waals surface area contributed by atoms with Crippen LogP contribution in [0.15, 0.2) is 72.8 Å². The molecule has 3 aromatic carbocycles. The molecule has 3 amide bonds. The van der Waals surface area contributed by atoms with E-state index in [0.717, 1.165) is 47.8 Å². The number of urea groups is 1. The highest BCUT2D eigenvalue weighted by Crippen LogP contribution is 2.27. The number of carbonyl (C=O) groups excluding carboxylic acids is 2. The third kappa shape index (κ3) is 7.89. The average Bonchev–Trinajstić information content (AvgIpc) is 3.38. The Balaban J connectivity index is 1.14. The van der Waals surface area contributed by atoms with Gasteiger partial charge in [0.25, 0.3) is 0 Å². The largest absolute Gasteiger partial charge is 0.342 e. The van der Waals surface area contributed by atoms with Crippen molar-refractivity contribution in [2.75, 3.05) is 23.7 Å². The number of benzene rings is 3. The van der Waals surface area contributed by atoms with Crippen LogP contribution in [0, 0.1) is 24.5 Å². The Kier molecular flexibility index (Phi) is 9.13. The van der Waals surface area contributed by atoms with Gasteiger partial charge in [-0.2, -0.15) is 5.10 Å². The van der Waals surface area contributed by atoms with Gasteiger partial charge in [-0.3, -0.25) is 10.1 Å². The summed E-state index contributed by atoms with van der Waals surface area (Å²) in [5.74, 6) is -0.450. The van der Waals surface area contributed by atoms with E-state index in [-0.39, 0.29) is 23.8 Å². The van der Waals surface area contributed by atoms with Crippen LogP contribution in [0.4, 0.5) is 25.1 Å². The number of anilines is 2. The highest BCUT2D eigenvalue weighted by atomic mass is 19.1. The lowest BCUT2D eigenvalue weighted by atomic mass is 9.90. The maximum absolute atomic E-state index is 13.5. The second-order valence-electron chi connectivity index (χ2n) is 12.7. The molecule has 230 valence electrons. The van der Waals surface area contributed by atoms with E-state index < -0.39 is 11.6 Å². The Labute approximate surface area is 257 Å². The van der Waals surface area contributed by atoms with Gasteiger partial charge < -0.3 is 10.2 Å². The van der Waals surface area contributed by atoms with Crippen molar-refractivity contribution in [3.05, 3.63) is 107 Å². The Morgan fingerprint density at radius 1 is 0.864 bits per heavy atom. The molecular formula is C35H39F2N5O2. The average molecular weight is 600 g/mol. The summed E-state index contributed by atoms with van der Waals surface area (Å²) in [5.41, 5.74) is 4.88. The predicted molar refractivity (Wildman–Crippen MR) is 169 cm³/mol. The summed E-state index contributed by atoms with van der Waals surface area (Å²) in [5, 5.41) is 10.7. The molecule has 0 unspecified atom stereocenters. The molecule has 1 aliphatic heterocycles. The summed E-state index contributed by atoms with van der Waals surface area (Å²) in [7, 11) is 0. The molecule has 2 heterocycles. The number of piperidine rings is 1. The number of hydrogen-bond acceptors (Lipinski definition) is 3. The Morgan fingerprint density at radius 3 is 2.11 bits per heavy atom. The number of aryl methyl sites for hydroxylation is 1. The van der Waals surface area contributed by atoms with Gasteiger partial charge >= 0.3 is 6.03 Å². The smallest absolute Gasteiger partial charge is 0.324 e. The van der Waals surface area contributed by atoms with E-state index in [1.165, 1.54) is 12.1 Å². The molecule has 9 heteroatoms. The summed E-state index contributed by atoms with van der Waals surface area (Å²) in [6, 6.07) is 20.6. The topological polar surface area (TPSA) is 79.3 Å². The molecule has 0 saturated carbocycles. The number of carbonyl (C=O) groups is 2. The number of nitrogens with zero attached hydrogens (tertiary/aromatic N) is 3. The van der Waals surface area contributed by atoms with E-state index in [1.54, 1.807) is 9.58 Å². The highest BCUT2D eigenvalue weighted by Gasteiger charge is 2.24. The molecule has 0 bridgehead atoms. The minimum atomic E-state index is -0.673. The molecule has 0 radical (unpaired) electrons.